The van der Waals surface area contributed by atoms with E-state index in [0.717, 1.165) is 13.0 Å². The zero-order chi connectivity index (χ0) is 8.10. The molecule has 62 valence electrons. The predicted molar refractivity (Wildman–Crippen MR) is 52.2 cm³/mol. The maximum atomic E-state index is 3.84. The highest BCUT2D eigenvalue weighted by molar-refractivity contribution is 8.01. The molecule has 0 bridgehead atoms. The second kappa shape index (κ2) is 4.80. The van der Waals surface area contributed by atoms with Crippen LogP contribution in [0.25, 0.3) is 0 Å². The first-order chi connectivity index (χ1) is 5.36. The van der Waals surface area contributed by atoms with E-state index in [9.17, 15) is 0 Å². The average molecular weight is 188 g/mol. The number of hydrogen-bond acceptors (Lipinski definition) is 2. The Balaban J connectivity index is 2.51. The molecule has 0 aliphatic heterocycles. The molecular formula is C8H14NS2+. The molecule has 0 amide bonds. The molecular weight excluding hydrogens is 174 g/mol. The largest absolute Gasteiger partial charge is 0.357 e. The molecule has 0 spiro atoms. The molecule has 0 saturated heterocycles. The number of quaternary nitrogens is 1. The fourth-order valence-electron chi connectivity index (χ4n) is 0.887. The smallest absolute Gasteiger partial charge is 0.0788 e. The van der Waals surface area contributed by atoms with Gasteiger partial charge in [-0.25, -0.2) is 0 Å². The maximum Gasteiger partial charge on any atom is 0.0788 e. The summed E-state index contributed by atoms with van der Waals surface area (Å²) >= 11 is 3.83. The van der Waals surface area contributed by atoms with Crippen LogP contribution in [-0.4, -0.2) is 12.3 Å². The zero-order valence-electron chi connectivity index (χ0n) is 6.80. The Hall–Kier alpha value is 0.01000. The van der Waals surface area contributed by atoms with Gasteiger partial charge in [-0.05, 0) is 17.9 Å². The summed E-state index contributed by atoms with van der Waals surface area (Å²) < 4.78 is 1.44. The van der Waals surface area contributed by atoms with Gasteiger partial charge in [-0.1, -0.05) is 6.92 Å². The van der Waals surface area contributed by atoms with Crippen molar-refractivity contribution in [1.82, 2.24) is 0 Å². The highest BCUT2D eigenvalue weighted by atomic mass is 32.2. The minimum Gasteiger partial charge on any atom is -0.357 e. The van der Waals surface area contributed by atoms with Gasteiger partial charge in [0, 0.05) is 11.3 Å². The Labute approximate surface area is 76.0 Å². The molecule has 0 aliphatic carbocycles. The van der Waals surface area contributed by atoms with Gasteiger partial charge in [0.05, 0.1) is 10.8 Å². The van der Waals surface area contributed by atoms with Crippen LogP contribution in [0.3, 0.4) is 0 Å². The standard InChI is InChI=1S/C8H13NS2/c1-2-10-8-4-3-7(11-8)5-6-9/h3-4H,2,5-6,9H2,1H3/p+1. The number of rotatable bonds is 4. The van der Waals surface area contributed by atoms with Crippen LogP contribution in [0.15, 0.2) is 16.3 Å². The fraction of sp³-hybridized carbons (Fsp3) is 0.500. The van der Waals surface area contributed by atoms with E-state index in [2.05, 4.69) is 24.8 Å². The lowest BCUT2D eigenvalue weighted by atomic mass is 10.3. The minimum absolute atomic E-state index is 1.01. The van der Waals surface area contributed by atoms with E-state index in [1.54, 1.807) is 0 Å². The maximum absolute atomic E-state index is 3.84. The molecule has 0 aromatic carbocycles. The van der Waals surface area contributed by atoms with Gasteiger partial charge in [-0.2, -0.15) is 0 Å². The van der Waals surface area contributed by atoms with Gasteiger partial charge in [0.1, 0.15) is 0 Å². The van der Waals surface area contributed by atoms with Crippen LogP contribution < -0.4 is 5.73 Å². The summed E-state index contributed by atoms with van der Waals surface area (Å²) in [6.07, 6.45) is 1.13. The molecule has 1 aromatic rings. The summed E-state index contributed by atoms with van der Waals surface area (Å²) in [7, 11) is 0. The lowest BCUT2D eigenvalue weighted by Crippen LogP contribution is -2.51. The minimum atomic E-state index is 1.01. The van der Waals surface area contributed by atoms with Gasteiger partial charge in [0.25, 0.3) is 0 Å². The summed E-state index contributed by atoms with van der Waals surface area (Å²) in [5.74, 6) is 1.17. The van der Waals surface area contributed by atoms with Crippen molar-refractivity contribution in [3.05, 3.63) is 17.0 Å². The second-order valence-electron chi connectivity index (χ2n) is 2.26. The van der Waals surface area contributed by atoms with E-state index in [-0.39, 0.29) is 0 Å². The number of thiophene rings is 1. The van der Waals surface area contributed by atoms with E-state index >= 15 is 0 Å². The Kier molecular flexibility index (Phi) is 3.97. The van der Waals surface area contributed by atoms with Crippen molar-refractivity contribution in [2.75, 3.05) is 12.3 Å². The lowest BCUT2D eigenvalue weighted by Gasteiger charge is -1.89. The number of thioether (sulfide) groups is 1. The van der Waals surface area contributed by atoms with Gasteiger partial charge < -0.3 is 5.73 Å². The summed E-state index contributed by atoms with van der Waals surface area (Å²) in [6.45, 7) is 3.20. The van der Waals surface area contributed by atoms with Crippen LogP contribution >= 0.6 is 23.1 Å². The molecule has 11 heavy (non-hydrogen) atoms. The molecule has 0 radical (unpaired) electrons. The summed E-state index contributed by atoms with van der Waals surface area (Å²) in [6, 6.07) is 4.43. The SMILES string of the molecule is CCSc1ccc(CC[NH3+])s1. The van der Waals surface area contributed by atoms with Gasteiger partial charge in [0.15, 0.2) is 0 Å². The summed E-state index contributed by atoms with van der Waals surface area (Å²) in [5.41, 5.74) is 3.84. The van der Waals surface area contributed by atoms with E-state index in [1.165, 1.54) is 14.8 Å². The predicted octanol–water partition coefficient (Wildman–Crippen LogP) is 1.64. The Bertz CT molecular complexity index is 187. The molecule has 1 rings (SSSR count). The molecule has 3 N–H and O–H groups in total. The first-order valence-electron chi connectivity index (χ1n) is 3.87. The van der Waals surface area contributed by atoms with Crippen LogP contribution in [0.1, 0.15) is 11.8 Å². The van der Waals surface area contributed by atoms with Crippen LogP contribution in [0.5, 0.6) is 0 Å². The molecule has 1 aromatic heterocycles. The Morgan fingerprint density at radius 2 is 2.36 bits per heavy atom. The summed E-state index contributed by atoms with van der Waals surface area (Å²) in [5, 5.41) is 0. The molecule has 3 heteroatoms. The van der Waals surface area contributed by atoms with Gasteiger partial charge in [0.2, 0.25) is 0 Å². The normalized spacial score (nSPS) is 10.4. The lowest BCUT2D eigenvalue weighted by molar-refractivity contribution is -0.366. The van der Waals surface area contributed by atoms with Gasteiger partial charge >= 0.3 is 0 Å². The molecule has 0 unspecified atom stereocenters. The molecule has 0 fully saturated rings. The first-order valence-corrected chi connectivity index (χ1v) is 5.67. The van der Waals surface area contributed by atoms with E-state index in [4.69, 9.17) is 0 Å². The van der Waals surface area contributed by atoms with Crippen LogP contribution in [0.4, 0.5) is 0 Å². The monoisotopic (exact) mass is 188 g/mol. The van der Waals surface area contributed by atoms with Crippen LogP contribution in [0.2, 0.25) is 0 Å². The Morgan fingerprint density at radius 3 is 3.00 bits per heavy atom. The molecule has 1 nitrogen and oxygen atoms in total. The van der Waals surface area contributed by atoms with E-state index in [0.29, 0.717) is 0 Å². The quantitative estimate of drug-likeness (QED) is 0.715. The highest BCUT2D eigenvalue weighted by Crippen LogP contribution is 2.26. The van der Waals surface area contributed by atoms with Crippen molar-refractivity contribution in [2.45, 2.75) is 17.6 Å². The first kappa shape index (κ1) is 9.10. The molecule has 0 aliphatic rings. The van der Waals surface area contributed by atoms with E-state index < -0.39 is 0 Å². The van der Waals surface area contributed by atoms with Gasteiger partial charge in [-0.15, -0.1) is 23.1 Å². The number of hydrogen-bond donors (Lipinski definition) is 1. The average Bonchev–Trinajstić information content (AvgIpc) is 2.38. The highest BCUT2D eigenvalue weighted by Gasteiger charge is 1.98. The van der Waals surface area contributed by atoms with Crippen molar-refractivity contribution in [3.8, 4) is 0 Å². The topological polar surface area (TPSA) is 27.6 Å². The molecule has 0 atom stereocenters. The molecule has 1 heterocycles. The van der Waals surface area contributed by atoms with Crippen molar-refractivity contribution in [2.24, 2.45) is 0 Å². The van der Waals surface area contributed by atoms with Gasteiger partial charge in [-0.3, -0.25) is 0 Å². The van der Waals surface area contributed by atoms with Crippen molar-refractivity contribution in [3.63, 3.8) is 0 Å². The summed E-state index contributed by atoms with van der Waals surface area (Å²) in [4.78, 5) is 1.47. The molecule has 0 saturated carbocycles. The Morgan fingerprint density at radius 1 is 1.55 bits per heavy atom. The van der Waals surface area contributed by atoms with Crippen molar-refractivity contribution >= 4 is 23.1 Å². The van der Waals surface area contributed by atoms with Crippen molar-refractivity contribution in [1.29, 1.82) is 0 Å². The van der Waals surface area contributed by atoms with Crippen molar-refractivity contribution < 1.29 is 5.73 Å². The van der Waals surface area contributed by atoms with E-state index in [1.807, 2.05) is 23.1 Å². The third-order valence-electron chi connectivity index (χ3n) is 1.35. The zero-order valence-corrected chi connectivity index (χ0v) is 8.43. The second-order valence-corrected chi connectivity index (χ2v) is 4.99. The third-order valence-corrected chi connectivity index (χ3v) is 3.60. The van der Waals surface area contributed by atoms with Crippen LogP contribution in [0, 0.1) is 0 Å². The third kappa shape index (κ3) is 2.85. The fourth-order valence-corrected chi connectivity index (χ4v) is 3.02. The van der Waals surface area contributed by atoms with Crippen LogP contribution in [-0.2, 0) is 6.42 Å².